The second kappa shape index (κ2) is 8.86. The Morgan fingerprint density at radius 2 is 2.04 bits per heavy atom. The second-order valence-electron chi connectivity index (χ2n) is 7.67. The number of hydrogen-bond acceptors (Lipinski definition) is 4. The molecule has 0 saturated carbocycles. The molecule has 2 aliphatic rings. The molecule has 0 aromatic carbocycles. The first kappa shape index (κ1) is 18.5. The standard InChI is InChI=1S/C20H32N2O3/c1-16-8-4-6-12-22(16)20(24)15-21-11-5-2-3-9-17(21)14-18(23)19-10-7-13-25-19/h7,10,13,16-18,23H,2-6,8-9,11-12,14-15H2,1H3. The Hall–Kier alpha value is -1.33. The average Bonchev–Trinajstić information content (AvgIpc) is 3.06. The van der Waals surface area contributed by atoms with E-state index in [9.17, 15) is 9.90 Å². The summed E-state index contributed by atoms with van der Waals surface area (Å²) >= 11 is 0. The van der Waals surface area contributed by atoms with E-state index < -0.39 is 6.10 Å². The number of nitrogens with zero attached hydrogens (tertiary/aromatic N) is 2. The third-order valence-corrected chi connectivity index (χ3v) is 5.83. The first-order valence-electron chi connectivity index (χ1n) is 9.90. The zero-order valence-electron chi connectivity index (χ0n) is 15.4. The number of hydrogen-bond donors (Lipinski definition) is 1. The van der Waals surface area contributed by atoms with Crippen LogP contribution in [0.2, 0.25) is 0 Å². The van der Waals surface area contributed by atoms with Crippen molar-refractivity contribution in [2.45, 2.75) is 76.5 Å². The number of rotatable bonds is 5. The van der Waals surface area contributed by atoms with Crippen molar-refractivity contribution in [3.8, 4) is 0 Å². The van der Waals surface area contributed by atoms with Crippen molar-refractivity contribution < 1.29 is 14.3 Å². The molecule has 3 atom stereocenters. The van der Waals surface area contributed by atoms with Gasteiger partial charge in [-0.15, -0.1) is 0 Å². The molecular formula is C20H32N2O3. The van der Waals surface area contributed by atoms with Crippen molar-refractivity contribution in [2.75, 3.05) is 19.6 Å². The van der Waals surface area contributed by atoms with Gasteiger partial charge in [-0.2, -0.15) is 0 Å². The fraction of sp³-hybridized carbons (Fsp3) is 0.750. The lowest BCUT2D eigenvalue weighted by atomic mass is 10.0. The van der Waals surface area contributed by atoms with Gasteiger partial charge in [0.05, 0.1) is 12.8 Å². The van der Waals surface area contributed by atoms with Crippen molar-refractivity contribution in [1.29, 1.82) is 0 Å². The molecule has 140 valence electrons. The molecule has 1 aromatic heterocycles. The number of likely N-dealkylation sites (tertiary alicyclic amines) is 2. The third-order valence-electron chi connectivity index (χ3n) is 5.83. The topological polar surface area (TPSA) is 56.9 Å². The van der Waals surface area contributed by atoms with Gasteiger partial charge >= 0.3 is 0 Å². The van der Waals surface area contributed by atoms with Gasteiger partial charge in [-0.05, 0) is 64.1 Å². The molecule has 25 heavy (non-hydrogen) atoms. The van der Waals surface area contributed by atoms with Gasteiger partial charge in [0, 0.05) is 18.6 Å². The van der Waals surface area contributed by atoms with E-state index in [-0.39, 0.29) is 11.9 Å². The van der Waals surface area contributed by atoms with E-state index in [0.717, 1.165) is 38.8 Å². The largest absolute Gasteiger partial charge is 0.467 e. The van der Waals surface area contributed by atoms with Crippen LogP contribution in [0, 0.1) is 0 Å². The van der Waals surface area contributed by atoms with Gasteiger partial charge in [-0.1, -0.05) is 12.8 Å². The van der Waals surface area contributed by atoms with Crippen LogP contribution < -0.4 is 0 Å². The highest BCUT2D eigenvalue weighted by molar-refractivity contribution is 5.78. The van der Waals surface area contributed by atoms with Crippen LogP contribution in [0.25, 0.3) is 0 Å². The maximum absolute atomic E-state index is 12.9. The first-order chi connectivity index (χ1) is 12.1. The molecule has 5 heteroatoms. The second-order valence-corrected chi connectivity index (χ2v) is 7.67. The smallest absolute Gasteiger partial charge is 0.236 e. The number of furan rings is 1. The van der Waals surface area contributed by atoms with E-state index in [4.69, 9.17) is 4.42 Å². The highest BCUT2D eigenvalue weighted by atomic mass is 16.4. The predicted molar refractivity (Wildman–Crippen MR) is 97.1 cm³/mol. The molecule has 3 unspecified atom stereocenters. The number of aliphatic hydroxyl groups is 1. The van der Waals surface area contributed by atoms with Gasteiger partial charge in [0.25, 0.3) is 0 Å². The maximum atomic E-state index is 12.9. The molecule has 0 radical (unpaired) electrons. The van der Waals surface area contributed by atoms with Gasteiger partial charge in [0.1, 0.15) is 11.9 Å². The number of carbonyl (C=O) groups excluding carboxylic acids is 1. The van der Waals surface area contributed by atoms with Crippen molar-refractivity contribution in [1.82, 2.24) is 9.80 Å². The minimum atomic E-state index is -0.593. The molecule has 2 aliphatic heterocycles. The number of amides is 1. The Bertz CT molecular complexity index is 531. The normalized spacial score (nSPS) is 27.0. The molecule has 0 bridgehead atoms. The molecule has 3 heterocycles. The van der Waals surface area contributed by atoms with E-state index in [1.807, 2.05) is 12.1 Å². The maximum Gasteiger partial charge on any atom is 0.236 e. The Morgan fingerprint density at radius 3 is 2.80 bits per heavy atom. The third kappa shape index (κ3) is 4.85. The molecule has 1 amide bonds. The molecule has 1 N–H and O–H groups in total. The summed E-state index contributed by atoms with van der Waals surface area (Å²) in [5.74, 6) is 0.881. The summed E-state index contributed by atoms with van der Waals surface area (Å²) in [5, 5.41) is 10.5. The van der Waals surface area contributed by atoms with E-state index in [2.05, 4.69) is 16.7 Å². The van der Waals surface area contributed by atoms with Crippen molar-refractivity contribution in [2.24, 2.45) is 0 Å². The van der Waals surface area contributed by atoms with Gasteiger partial charge in [0.2, 0.25) is 5.91 Å². The summed E-state index contributed by atoms with van der Waals surface area (Å²) < 4.78 is 5.35. The van der Waals surface area contributed by atoms with Gasteiger partial charge in [-0.3, -0.25) is 9.69 Å². The summed E-state index contributed by atoms with van der Waals surface area (Å²) in [6.07, 6.45) is 9.66. The predicted octanol–water partition coefficient (Wildman–Crippen LogP) is 3.35. The SMILES string of the molecule is CC1CCCCN1C(=O)CN1CCCCCC1CC(O)c1ccco1. The zero-order chi connectivity index (χ0) is 17.6. The Labute approximate surface area is 151 Å². The molecule has 5 nitrogen and oxygen atoms in total. The van der Waals surface area contributed by atoms with Crippen LogP contribution in [0.1, 0.15) is 70.2 Å². The molecule has 3 rings (SSSR count). The van der Waals surface area contributed by atoms with E-state index in [1.54, 1.807) is 6.26 Å². The van der Waals surface area contributed by atoms with E-state index >= 15 is 0 Å². The average molecular weight is 348 g/mol. The Morgan fingerprint density at radius 1 is 1.24 bits per heavy atom. The van der Waals surface area contributed by atoms with Gasteiger partial charge in [-0.25, -0.2) is 0 Å². The van der Waals surface area contributed by atoms with Crippen molar-refractivity contribution in [3.63, 3.8) is 0 Å². The number of piperidine rings is 1. The lowest BCUT2D eigenvalue weighted by Crippen LogP contribution is -2.49. The molecule has 0 aliphatic carbocycles. The van der Waals surface area contributed by atoms with Crippen LogP contribution in [-0.2, 0) is 4.79 Å². The fourth-order valence-corrected chi connectivity index (χ4v) is 4.30. The number of carbonyl (C=O) groups is 1. The van der Waals surface area contributed by atoms with Crippen LogP contribution >= 0.6 is 0 Å². The fourth-order valence-electron chi connectivity index (χ4n) is 4.30. The minimum absolute atomic E-state index is 0.242. The van der Waals surface area contributed by atoms with Gasteiger partial charge < -0.3 is 14.4 Å². The highest BCUT2D eigenvalue weighted by Gasteiger charge is 2.30. The van der Waals surface area contributed by atoms with Crippen LogP contribution in [-0.4, -0.2) is 52.5 Å². The molecular weight excluding hydrogens is 316 g/mol. The summed E-state index contributed by atoms with van der Waals surface area (Å²) in [7, 11) is 0. The minimum Gasteiger partial charge on any atom is -0.467 e. The van der Waals surface area contributed by atoms with Crippen LogP contribution in [0.4, 0.5) is 0 Å². The molecule has 2 saturated heterocycles. The lowest BCUT2D eigenvalue weighted by Gasteiger charge is -2.37. The Balaban J connectivity index is 1.62. The van der Waals surface area contributed by atoms with Crippen molar-refractivity contribution in [3.05, 3.63) is 24.2 Å². The monoisotopic (exact) mass is 348 g/mol. The summed E-state index contributed by atoms with van der Waals surface area (Å²) in [6.45, 7) is 4.49. The quantitative estimate of drug-likeness (QED) is 0.886. The summed E-state index contributed by atoms with van der Waals surface area (Å²) in [6, 6.07) is 4.24. The summed E-state index contributed by atoms with van der Waals surface area (Å²) in [5.41, 5.74) is 0. The van der Waals surface area contributed by atoms with E-state index in [0.29, 0.717) is 24.8 Å². The van der Waals surface area contributed by atoms with Crippen LogP contribution in [0.5, 0.6) is 0 Å². The van der Waals surface area contributed by atoms with Crippen LogP contribution in [0.15, 0.2) is 22.8 Å². The molecule has 0 spiro atoms. The highest BCUT2D eigenvalue weighted by Crippen LogP contribution is 2.27. The van der Waals surface area contributed by atoms with Crippen LogP contribution in [0.3, 0.4) is 0 Å². The Kier molecular flexibility index (Phi) is 6.54. The summed E-state index contributed by atoms with van der Waals surface area (Å²) in [4.78, 5) is 17.2. The molecule has 2 fully saturated rings. The lowest BCUT2D eigenvalue weighted by molar-refractivity contribution is -0.136. The first-order valence-corrected chi connectivity index (χ1v) is 9.90. The number of aliphatic hydroxyl groups excluding tert-OH is 1. The van der Waals surface area contributed by atoms with Gasteiger partial charge in [0.15, 0.2) is 0 Å². The molecule has 1 aromatic rings. The van der Waals surface area contributed by atoms with Crippen molar-refractivity contribution >= 4 is 5.91 Å². The zero-order valence-corrected chi connectivity index (χ0v) is 15.4. The van der Waals surface area contributed by atoms with E-state index in [1.165, 1.54) is 19.3 Å².